The molecule has 0 radical (unpaired) electrons. The van der Waals surface area contributed by atoms with E-state index in [0.29, 0.717) is 0 Å². The second kappa shape index (κ2) is 7.82. The number of hydrogen-bond acceptors (Lipinski definition) is 2. The lowest BCUT2D eigenvalue weighted by Gasteiger charge is -2.30. The van der Waals surface area contributed by atoms with E-state index < -0.39 is 0 Å². The number of carbonyl (C=O) groups is 1. The standard InChI is InChI=1S/C21H24N2O/c1-17(18-10-4-2-5-11-18)16-21(24)22-19-12-6-7-13-20(19)23-14-8-3-9-15-23/h2,4-7,10-13,16H,3,8-9,14-15H2,1H3,(H,22,24)/b17-16-. The van der Waals surface area contributed by atoms with Crippen molar-refractivity contribution in [3.63, 3.8) is 0 Å². The van der Waals surface area contributed by atoms with Crippen molar-refractivity contribution in [3.8, 4) is 0 Å². The summed E-state index contributed by atoms with van der Waals surface area (Å²) in [6.07, 6.45) is 5.40. The molecule has 0 atom stereocenters. The molecule has 0 bridgehead atoms. The molecule has 2 aromatic rings. The van der Waals surface area contributed by atoms with Crippen LogP contribution in [0.3, 0.4) is 0 Å². The fraction of sp³-hybridized carbons (Fsp3) is 0.286. The maximum Gasteiger partial charge on any atom is 0.248 e. The number of carbonyl (C=O) groups excluding carboxylic acids is 1. The summed E-state index contributed by atoms with van der Waals surface area (Å²) in [4.78, 5) is 14.8. The number of amides is 1. The van der Waals surface area contributed by atoms with Crippen LogP contribution >= 0.6 is 0 Å². The highest BCUT2D eigenvalue weighted by Gasteiger charge is 2.15. The molecule has 3 heteroatoms. The third kappa shape index (κ3) is 4.05. The molecule has 1 N–H and O–H groups in total. The number of piperidine rings is 1. The zero-order chi connectivity index (χ0) is 16.8. The van der Waals surface area contributed by atoms with E-state index in [9.17, 15) is 4.79 Å². The quantitative estimate of drug-likeness (QED) is 0.827. The first kappa shape index (κ1) is 16.3. The number of para-hydroxylation sites is 2. The van der Waals surface area contributed by atoms with Crippen molar-refractivity contribution in [3.05, 3.63) is 66.2 Å². The van der Waals surface area contributed by atoms with E-state index in [1.165, 1.54) is 19.3 Å². The summed E-state index contributed by atoms with van der Waals surface area (Å²) in [6, 6.07) is 18.0. The average molecular weight is 320 g/mol. The van der Waals surface area contributed by atoms with Crippen LogP contribution in [0.15, 0.2) is 60.7 Å². The maximum atomic E-state index is 12.4. The second-order valence-electron chi connectivity index (χ2n) is 6.25. The molecule has 124 valence electrons. The first-order valence-corrected chi connectivity index (χ1v) is 8.63. The normalized spacial score (nSPS) is 15.2. The maximum absolute atomic E-state index is 12.4. The summed E-state index contributed by atoms with van der Waals surface area (Å²) in [5.74, 6) is -0.0826. The molecule has 3 rings (SSSR count). The molecule has 1 heterocycles. The van der Waals surface area contributed by atoms with Crippen molar-refractivity contribution in [2.75, 3.05) is 23.3 Å². The Kier molecular flexibility index (Phi) is 5.32. The van der Waals surface area contributed by atoms with Crippen molar-refractivity contribution in [2.45, 2.75) is 26.2 Å². The molecule has 1 aliphatic rings. The number of benzene rings is 2. The predicted octanol–water partition coefficient (Wildman–Crippen LogP) is 4.72. The Hall–Kier alpha value is -2.55. The van der Waals surface area contributed by atoms with Crippen LogP contribution in [0.25, 0.3) is 5.57 Å². The van der Waals surface area contributed by atoms with Gasteiger partial charge in [-0.3, -0.25) is 4.79 Å². The summed E-state index contributed by atoms with van der Waals surface area (Å²) < 4.78 is 0. The highest BCUT2D eigenvalue weighted by Crippen LogP contribution is 2.28. The molecule has 0 saturated carbocycles. The van der Waals surface area contributed by atoms with E-state index in [1.54, 1.807) is 6.08 Å². The van der Waals surface area contributed by atoms with Gasteiger partial charge in [0.05, 0.1) is 11.4 Å². The molecule has 24 heavy (non-hydrogen) atoms. The van der Waals surface area contributed by atoms with Crippen molar-refractivity contribution >= 4 is 22.9 Å². The zero-order valence-corrected chi connectivity index (χ0v) is 14.2. The highest BCUT2D eigenvalue weighted by molar-refractivity contribution is 6.05. The highest BCUT2D eigenvalue weighted by atomic mass is 16.1. The van der Waals surface area contributed by atoms with Gasteiger partial charge < -0.3 is 10.2 Å². The molecule has 0 aliphatic carbocycles. The second-order valence-corrected chi connectivity index (χ2v) is 6.25. The molecule has 0 spiro atoms. The zero-order valence-electron chi connectivity index (χ0n) is 14.2. The molecular formula is C21H24N2O. The van der Waals surface area contributed by atoms with E-state index in [2.05, 4.69) is 16.3 Å². The van der Waals surface area contributed by atoms with Gasteiger partial charge in [0.2, 0.25) is 5.91 Å². The number of anilines is 2. The summed E-state index contributed by atoms with van der Waals surface area (Å²) in [5, 5.41) is 3.05. The monoisotopic (exact) mass is 320 g/mol. The Morgan fingerprint density at radius 2 is 1.62 bits per heavy atom. The van der Waals surface area contributed by atoms with Gasteiger partial charge in [-0.05, 0) is 49.5 Å². The molecule has 1 fully saturated rings. The average Bonchev–Trinajstić information content (AvgIpc) is 2.63. The topological polar surface area (TPSA) is 32.3 Å². The molecule has 2 aromatic carbocycles. The van der Waals surface area contributed by atoms with Gasteiger partial charge in [-0.15, -0.1) is 0 Å². The van der Waals surface area contributed by atoms with Gasteiger partial charge in [0, 0.05) is 19.2 Å². The number of rotatable bonds is 4. The SMILES string of the molecule is C/C(=C/C(=O)Nc1ccccc1N1CCCCC1)c1ccccc1. The van der Waals surface area contributed by atoms with Crippen molar-refractivity contribution in [2.24, 2.45) is 0 Å². The molecular weight excluding hydrogens is 296 g/mol. The first-order chi connectivity index (χ1) is 11.7. The van der Waals surface area contributed by atoms with Crippen LogP contribution in [-0.2, 0) is 4.79 Å². The van der Waals surface area contributed by atoms with E-state index in [-0.39, 0.29) is 5.91 Å². The minimum absolute atomic E-state index is 0.0826. The molecule has 3 nitrogen and oxygen atoms in total. The van der Waals surface area contributed by atoms with Gasteiger partial charge in [0.25, 0.3) is 0 Å². The van der Waals surface area contributed by atoms with Gasteiger partial charge in [-0.1, -0.05) is 42.5 Å². The third-order valence-electron chi connectivity index (χ3n) is 4.44. The van der Waals surface area contributed by atoms with E-state index in [4.69, 9.17) is 0 Å². The fourth-order valence-corrected chi connectivity index (χ4v) is 3.14. The summed E-state index contributed by atoms with van der Waals surface area (Å²) in [7, 11) is 0. The van der Waals surface area contributed by atoms with Crippen LogP contribution in [0.2, 0.25) is 0 Å². The minimum atomic E-state index is -0.0826. The Labute approximate surface area is 144 Å². The fourth-order valence-electron chi connectivity index (χ4n) is 3.14. The number of nitrogens with one attached hydrogen (secondary N) is 1. The van der Waals surface area contributed by atoms with Gasteiger partial charge in [0.15, 0.2) is 0 Å². The van der Waals surface area contributed by atoms with E-state index in [1.807, 2.05) is 55.5 Å². The number of allylic oxidation sites excluding steroid dienone is 1. The predicted molar refractivity (Wildman–Crippen MR) is 101 cm³/mol. The summed E-state index contributed by atoms with van der Waals surface area (Å²) in [5.41, 5.74) is 4.04. The lowest BCUT2D eigenvalue weighted by atomic mass is 10.1. The summed E-state index contributed by atoms with van der Waals surface area (Å²) >= 11 is 0. The minimum Gasteiger partial charge on any atom is -0.370 e. The molecule has 1 saturated heterocycles. The van der Waals surface area contributed by atoms with Gasteiger partial charge in [-0.2, -0.15) is 0 Å². The lowest BCUT2D eigenvalue weighted by Crippen LogP contribution is -2.30. The van der Waals surface area contributed by atoms with Crippen LogP contribution in [-0.4, -0.2) is 19.0 Å². The van der Waals surface area contributed by atoms with Crippen molar-refractivity contribution in [1.82, 2.24) is 0 Å². The molecule has 0 unspecified atom stereocenters. The van der Waals surface area contributed by atoms with Gasteiger partial charge >= 0.3 is 0 Å². The van der Waals surface area contributed by atoms with E-state index in [0.717, 1.165) is 35.6 Å². The summed E-state index contributed by atoms with van der Waals surface area (Å²) in [6.45, 7) is 4.09. The van der Waals surface area contributed by atoms with Gasteiger partial charge in [-0.25, -0.2) is 0 Å². The smallest absolute Gasteiger partial charge is 0.248 e. The first-order valence-electron chi connectivity index (χ1n) is 8.63. The van der Waals surface area contributed by atoms with Crippen LogP contribution in [0.1, 0.15) is 31.7 Å². The van der Waals surface area contributed by atoms with Crippen LogP contribution in [0, 0.1) is 0 Å². The Morgan fingerprint density at radius 3 is 2.38 bits per heavy atom. The lowest BCUT2D eigenvalue weighted by molar-refractivity contribution is -0.111. The van der Waals surface area contributed by atoms with E-state index >= 15 is 0 Å². The largest absolute Gasteiger partial charge is 0.370 e. The van der Waals surface area contributed by atoms with Crippen LogP contribution in [0.5, 0.6) is 0 Å². The Bertz CT molecular complexity index is 716. The van der Waals surface area contributed by atoms with Crippen LogP contribution in [0.4, 0.5) is 11.4 Å². The molecule has 0 aromatic heterocycles. The van der Waals surface area contributed by atoms with Crippen LogP contribution < -0.4 is 10.2 Å². The van der Waals surface area contributed by atoms with Crippen molar-refractivity contribution < 1.29 is 4.79 Å². The molecule has 1 aliphatic heterocycles. The Morgan fingerprint density at radius 1 is 0.958 bits per heavy atom. The number of hydrogen-bond donors (Lipinski definition) is 1. The third-order valence-corrected chi connectivity index (χ3v) is 4.44. The van der Waals surface area contributed by atoms with Gasteiger partial charge in [0.1, 0.15) is 0 Å². The Balaban J connectivity index is 1.75. The number of nitrogens with zero attached hydrogens (tertiary/aromatic N) is 1. The molecule has 1 amide bonds. The van der Waals surface area contributed by atoms with Crippen molar-refractivity contribution in [1.29, 1.82) is 0 Å².